The molecule has 2 atom stereocenters. The third-order valence-corrected chi connectivity index (χ3v) is 5.91. The van der Waals surface area contributed by atoms with Gasteiger partial charge in [-0.3, -0.25) is 10.2 Å². The Morgan fingerprint density at radius 2 is 1.75 bits per heavy atom. The summed E-state index contributed by atoms with van der Waals surface area (Å²) in [7, 11) is 1.65. The van der Waals surface area contributed by atoms with Crippen LogP contribution < -0.4 is 15.6 Å². The van der Waals surface area contributed by atoms with Gasteiger partial charge in [0, 0.05) is 32.1 Å². The Morgan fingerprint density at radius 1 is 1.06 bits per heavy atom. The summed E-state index contributed by atoms with van der Waals surface area (Å²) >= 11 is 0. The third kappa shape index (κ3) is 5.82. The number of ether oxygens (including phenoxy) is 2. The molecule has 1 aliphatic rings. The van der Waals surface area contributed by atoms with Gasteiger partial charge < -0.3 is 14.6 Å². The van der Waals surface area contributed by atoms with Crippen LogP contribution in [0.5, 0.6) is 5.75 Å². The third-order valence-electron chi connectivity index (χ3n) is 5.91. The smallest absolute Gasteiger partial charge is 0.266 e. The van der Waals surface area contributed by atoms with E-state index in [1.165, 1.54) is 0 Å². The van der Waals surface area contributed by atoms with Crippen LogP contribution in [0.2, 0.25) is 0 Å². The molecule has 36 heavy (non-hydrogen) atoms. The molecule has 0 radical (unpaired) electrons. The van der Waals surface area contributed by atoms with E-state index in [2.05, 4.69) is 10.9 Å². The van der Waals surface area contributed by atoms with Crippen molar-refractivity contribution >= 4 is 17.9 Å². The van der Waals surface area contributed by atoms with Crippen LogP contribution in [0.4, 0.5) is 0 Å². The summed E-state index contributed by atoms with van der Waals surface area (Å²) in [6.07, 6.45) is 4.23. The predicted molar refractivity (Wildman–Crippen MR) is 140 cm³/mol. The van der Waals surface area contributed by atoms with Gasteiger partial charge in [0.05, 0.1) is 6.61 Å². The molecule has 3 aromatic rings. The Kier molecular flexibility index (Phi) is 8.49. The number of nitrogens with zero attached hydrogens (tertiary/aromatic N) is 1. The molecule has 0 bridgehead atoms. The van der Waals surface area contributed by atoms with Crippen molar-refractivity contribution in [1.82, 2.24) is 10.9 Å². The van der Waals surface area contributed by atoms with E-state index in [1.54, 1.807) is 7.05 Å². The van der Waals surface area contributed by atoms with Crippen molar-refractivity contribution in [1.29, 1.82) is 0 Å². The number of aliphatic hydroxyl groups is 1. The van der Waals surface area contributed by atoms with Crippen LogP contribution in [0.3, 0.4) is 0 Å². The molecule has 3 N–H and O–H groups in total. The lowest BCUT2D eigenvalue weighted by molar-refractivity contribution is -0.129. The summed E-state index contributed by atoms with van der Waals surface area (Å²) in [5, 5.41) is 8.95. The van der Waals surface area contributed by atoms with E-state index in [1.807, 2.05) is 97.1 Å². The van der Waals surface area contributed by atoms with E-state index in [9.17, 15) is 4.79 Å². The van der Waals surface area contributed by atoms with E-state index in [4.69, 9.17) is 19.6 Å². The standard InChI is InChI=1S/C29H31N3O4/c1-30-32-28(34)29(19-8-12-22-10-4-2-5-11-22)26(23-13-6-3-7-14-23)36-27(31-29)24-15-17-25(18-16-24)35-21-9-20-33/h2-8,10-18,26,30,33H,9,19-21H2,1H3,(H,32,34)/b12-8+/t26-,29-/m0/s1. The Balaban J connectivity index is 1.69. The number of carbonyl (C=O) groups is 1. The van der Waals surface area contributed by atoms with E-state index >= 15 is 0 Å². The van der Waals surface area contributed by atoms with Crippen molar-refractivity contribution in [2.24, 2.45) is 4.99 Å². The fourth-order valence-electron chi connectivity index (χ4n) is 4.10. The molecule has 0 aliphatic carbocycles. The molecule has 7 nitrogen and oxygen atoms in total. The number of hydrogen-bond donors (Lipinski definition) is 3. The SMILES string of the molecule is CNNC(=O)[C@@]1(C/C=C/c2ccccc2)N=C(c2ccc(OCCCO)cc2)O[C@H]1c1ccccc1. The van der Waals surface area contributed by atoms with Gasteiger partial charge in [-0.1, -0.05) is 72.8 Å². The van der Waals surface area contributed by atoms with E-state index in [0.29, 0.717) is 31.1 Å². The average Bonchev–Trinajstić information content (AvgIpc) is 3.31. The van der Waals surface area contributed by atoms with Crippen molar-refractivity contribution in [3.8, 4) is 5.75 Å². The molecule has 0 saturated heterocycles. The maximum Gasteiger partial charge on any atom is 0.266 e. The van der Waals surface area contributed by atoms with Crippen LogP contribution in [0, 0.1) is 0 Å². The second-order valence-corrected chi connectivity index (χ2v) is 8.42. The molecular formula is C29H31N3O4. The maximum absolute atomic E-state index is 13.5. The molecule has 0 aromatic heterocycles. The lowest BCUT2D eigenvalue weighted by Crippen LogP contribution is -2.51. The number of rotatable bonds is 11. The molecule has 7 heteroatoms. The Morgan fingerprint density at radius 3 is 2.42 bits per heavy atom. The summed E-state index contributed by atoms with van der Waals surface area (Å²) in [5.41, 5.74) is 6.92. The van der Waals surface area contributed by atoms with Crippen LogP contribution in [0.15, 0.2) is 96.0 Å². The minimum Gasteiger partial charge on any atom is -0.494 e. The van der Waals surface area contributed by atoms with Crippen molar-refractivity contribution < 1.29 is 19.4 Å². The lowest BCUT2D eigenvalue weighted by Gasteiger charge is -2.29. The van der Waals surface area contributed by atoms with Crippen LogP contribution in [-0.4, -0.2) is 42.7 Å². The first-order valence-corrected chi connectivity index (χ1v) is 12.0. The van der Waals surface area contributed by atoms with Crippen molar-refractivity contribution in [3.05, 3.63) is 108 Å². The number of nitrogens with one attached hydrogen (secondary N) is 2. The monoisotopic (exact) mass is 485 g/mol. The highest BCUT2D eigenvalue weighted by atomic mass is 16.5. The Labute approximate surface area is 211 Å². The van der Waals surface area contributed by atoms with E-state index in [0.717, 1.165) is 16.7 Å². The predicted octanol–water partition coefficient (Wildman–Crippen LogP) is 4.06. The topological polar surface area (TPSA) is 92.2 Å². The summed E-state index contributed by atoms with van der Waals surface area (Å²) in [6, 6.07) is 27.0. The maximum atomic E-state index is 13.5. The number of benzene rings is 3. The first kappa shape index (κ1) is 25.2. The van der Waals surface area contributed by atoms with Gasteiger partial charge in [-0.05, 0) is 35.4 Å². The van der Waals surface area contributed by atoms with Gasteiger partial charge in [0.1, 0.15) is 5.75 Å². The summed E-state index contributed by atoms with van der Waals surface area (Å²) in [6.45, 7) is 0.517. The number of amides is 1. The summed E-state index contributed by atoms with van der Waals surface area (Å²) < 4.78 is 12.1. The van der Waals surface area contributed by atoms with Gasteiger partial charge in [-0.15, -0.1) is 0 Å². The highest BCUT2D eigenvalue weighted by Gasteiger charge is 2.52. The molecule has 186 valence electrons. The number of aliphatic hydroxyl groups excluding tert-OH is 1. The minimum atomic E-state index is -1.22. The number of hydrazine groups is 1. The molecule has 1 heterocycles. The Bertz CT molecular complexity index is 1180. The molecule has 0 spiro atoms. The van der Waals surface area contributed by atoms with Crippen LogP contribution in [0.1, 0.15) is 35.6 Å². The summed E-state index contributed by atoms with van der Waals surface area (Å²) in [5.74, 6) is 0.802. The zero-order valence-electron chi connectivity index (χ0n) is 20.3. The van der Waals surface area contributed by atoms with Crippen LogP contribution in [-0.2, 0) is 9.53 Å². The molecule has 3 aromatic carbocycles. The molecule has 0 unspecified atom stereocenters. The molecule has 0 fully saturated rings. The second kappa shape index (κ2) is 12.2. The van der Waals surface area contributed by atoms with Gasteiger partial charge in [-0.25, -0.2) is 10.4 Å². The largest absolute Gasteiger partial charge is 0.494 e. The zero-order chi connectivity index (χ0) is 25.2. The fourth-order valence-corrected chi connectivity index (χ4v) is 4.10. The highest BCUT2D eigenvalue weighted by Crippen LogP contribution is 2.42. The quantitative estimate of drug-likeness (QED) is 0.281. The molecule has 4 rings (SSSR count). The fraction of sp³-hybridized carbons (Fsp3) is 0.241. The van der Waals surface area contributed by atoms with Gasteiger partial charge in [0.2, 0.25) is 5.90 Å². The van der Waals surface area contributed by atoms with Crippen molar-refractivity contribution in [2.75, 3.05) is 20.3 Å². The first-order chi connectivity index (χ1) is 17.7. The van der Waals surface area contributed by atoms with Gasteiger partial charge in [-0.2, -0.15) is 0 Å². The molecule has 0 saturated carbocycles. The van der Waals surface area contributed by atoms with E-state index in [-0.39, 0.29) is 12.5 Å². The Hall–Kier alpha value is -3.94. The van der Waals surface area contributed by atoms with Crippen molar-refractivity contribution in [2.45, 2.75) is 24.5 Å². The first-order valence-electron chi connectivity index (χ1n) is 12.0. The number of aliphatic imine (C=N–C) groups is 1. The van der Waals surface area contributed by atoms with Crippen molar-refractivity contribution in [3.63, 3.8) is 0 Å². The number of hydrogen-bond acceptors (Lipinski definition) is 6. The second-order valence-electron chi connectivity index (χ2n) is 8.42. The van der Waals surface area contributed by atoms with Gasteiger partial charge in [0.25, 0.3) is 5.91 Å². The van der Waals surface area contributed by atoms with Crippen LogP contribution in [0.25, 0.3) is 6.08 Å². The average molecular weight is 486 g/mol. The molecule has 1 amide bonds. The van der Waals surface area contributed by atoms with Crippen LogP contribution >= 0.6 is 0 Å². The lowest BCUT2D eigenvalue weighted by atomic mass is 9.84. The normalized spacial score (nSPS) is 19.1. The van der Waals surface area contributed by atoms with E-state index < -0.39 is 11.6 Å². The zero-order valence-corrected chi connectivity index (χ0v) is 20.3. The number of carbonyl (C=O) groups excluding carboxylic acids is 1. The molecular weight excluding hydrogens is 454 g/mol. The highest BCUT2D eigenvalue weighted by molar-refractivity contribution is 6.01. The minimum absolute atomic E-state index is 0.0824. The summed E-state index contributed by atoms with van der Waals surface area (Å²) in [4.78, 5) is 18.5. The molecule has 1 aliphatic heterocycles. The van der Waals surface area contributed by atoms with Gasteiger partial charge >= 0.3 is 0 Å². The van der Waals surface area contributed by atoms with Gasteiger partial charge in [0.15, 0.2) is 11.6 Å².